The summed E-state index contributed by atoms with van der Waals surface area (Å²) in [5, 5.41) is 0. The molecule has 3 aliphatic rings. The van der Waals surface area contributed by atoms with Crippen molar-refractivity contribution in [2.24, 2.45) is 17.3 Å². The van der Waals surface area contributed by atoms with E-state index < -0.39 is 19.5 Å². The van der Waals surface area contributed by atoms with Gasteiger partial charge in [0.15, 0.2) is 14.1 Å². The molecular weight excluding hydrogens is 500 g/mol. The Labute approximate surface area is 240 Å². The fraction of sp³-hybridized carbons (Fsp3) is 0.735. The number of hydrogen-bond donors (Lipinski definition) is 0. The molecule has 0 N–H and O–H groups in total. The van der Waals surface area contributed by atoms with Gasteiger partial charge < -0.3 is 13.9 Å². The molecule has 220 valence electrons. The number of ether oxygens (including phenoxy) is 2. The molecule has 5 heteroatoms. The zero-order valence-electron chi connectivity index (χ0n) is 26.7. The van der Waals surface area contributed by atoms with E-state index in [1.54, 1.807) is 0 Å². The number of hydrogen-bond acceptors (Lipinski definition) is 4. The van der Waals surface area contributed by atoms with Crippen molar-refractivity contribution in [2.45, 2.75) is 138 Å². The first-order chi connectivity index (χ1) is 18.3. The topological polar surface area (TPSA) is 44.8 Å². The third-order valence-electron chi connectivity index (χ3n) is 9.91. The van der Waals surface area contributed by atoms with E-state index in [0.29, 0.717) is 12.4 Å². The van der Waals surface area contributed by atoms with E-state index >= 15 is 0 Å². The zero-order chi connectivity index (χ0) is 29.0. The van der Waals surface area contributed by atoms with Crippen molar-refractivity contribution in [3.63, 3.8) is 0 Å². The molecular formula is C34H56O4Si. The predicted octanol–water partition coefficient (Wildman–Crippen LogP) is 9.45. The van der Waals surface area contributed by atoms with Gasteiger partial charge in [-0.15, -0.1) is 0 Å². The second kappa shape index (κ2) is 13.0. The van der Waals surface area contributed by atoms with Crippen molar-refractivity contribution >= 4 is 14.1 Å². The molecule has 1 aliphatic heterocycles. The van der Waals surface area contributed by atoms with Gasteiger partial charge in [0.2, 0.25) is 11.6 Å². The summed E-state index contributed by atoms with van der Waals surface area (Å²) in [4.78, 5) is 14.2. The number of carbonyl (C=O) groups is 1. The van der Waals surface area contributed by atoms with Crippen LogP contribution in [0, 0.1) is 17.3 Å². The normalized spacial score (nSPS) is 35.1. The van der Waals surface area contributed by atoms with Crippen LogP contribution in [-0.2, 0) is 18.7 Å². The quantitative estimate of drug-likeness (QED) is 0.250. The van der Waals surface area contributed by atoms with Crippen LogP contribution in [0.1, 0.15) is 108 Å². The SMILES string of the molecule is CC[Si](CC)(CC)O[C@H]1CC/C(C)=C/CC/C(C)=C/C[C@]2(C)C(=O)C3=C([C@H]2C/C=C/1C)[C@@H](C)COC(C)(C)O3. The van der Waals surface area contributed by atoms with Crippen LogP contribution in [0.15, 0.2) is 46.3 Å². The maximum Gasteiger partial charge on any atom is 0.205 e. The van der Waals surface area contributed by atoms with Gasteiger partial charge in [-0.1, -0.05) is 64.0 Å². The molecule has 0 fully saturated rings. The summed E-state index contributed by atoms with van der Waals surface area (Å²) in [6.45, 7) is 22.4. The third kappa shape index (κ3) is 7.26. The van der Waals surface area contributed by atoms with E-state index in [-0.39, 0.29) is 23.7 Å². The molecule has 0 bridgehead atoms. The van der Waals surface area contributed by atoms with Crippen molar-refractivity contribution in [2.75, 3.05) is 6.61 Å². The van der Waals surface area contributed by atoms with Crippen LogP contribution in [0.25, 0.3) is 0 Å². The Morgan fingerprint density at radius 3 is 2.26 bits per heavy atom. The first-order valence-electron chi connectivity index (χ1n) is 15.6. The summed E-state index contributed by atoms with van der Waals surface area (Å²) in [7, 11) is -1.78. The number of ketones is 1. The number of rotatable bonds is 5. The molecule has 0 spiro atoms. The Morgan fingerprint density at radius 1 is 0.974 bits per heavy atom. The molecule has 0 aromatic heterocycles. The summed E-state index contributed by atoms with van der Waals surface area (Å²) < 4.78 is 19.6. The van der Waals surface area contributed by atoms with Crippen molar-refractivity contribution in [3.8, 4) is 0 Å². The smallest absolute Gasteiger partial charge is 0.205 e. The van der Waals surface area contributed by atoms with Gasteiger partial charge in [0.25, 0.3) is 0 Å². The summed E-state index contributed by atoms with van der Waals surface area (Å²) >= 11 is 0. The first kappa shape index (κ1) is 32.1. The summed E-state index contributed by atoms with van der Waals surface area (Å²) in [6, 6.07) is 3.46. The standard InChI is InChI=1S/C34H56O4Si/c1-11-39(12-2,13-3)38-29-20-17-24(4)15-14-16-25(5)21-22-34(10)28(19-18-26(29)6)30-27(7)23-36-33(8,9)37-31(30)32(34)35/h15,18,21,27-29H,11-14,16-17,19-20,22-23H2,1-10H3/b24-15+,25-21+,26-18+/t27-,28+,29-,34-/m0/s1. The molecule has 39 heavy (non-hydrogen) atoms. The highest BCUT2D eigenvalue weighted by atomic mass is 28.4. The summed E-state index contributed by atoms with van der Waals surface area (Å²) in [5.74, 6) is 0.130. The molecule has 1 heterocycles. The van der Waals surface area contributed by atoms with Gasteiger partial charge in [-0.2, -0.15) is 0 Å². The van der Waals surface area contributed by atoms with Gasteiger partial charge in [-0.3, -0.25) is 4.79 Å². The van der Waals surface area contributed by atoms with Crippen LogP contribution in [-0.4, -0.2) is 32.6 Å². The number of allylic oxidation sites excluding steroid dienone is 6. The van der Waals surface area contributed by atoms with E-state index in [0.717, 1.165) is 62.2 Å². The van der Waals surface area contributed by atoms with Gasteiger partial charge in [0.05, 0.1) is 12.7 Å². The molecule has 4 nitrogen and oxygen atoms in total. The van der Waals surface area contributed by atoms with Gasteiger partial charge in [0.1, 0.15) is 0 Å². The van der Waals surface area contributed by atoms with Crippen LogP contribution in [0.5, 0.6) is 0 Å². The number of fused-ring (bicyclic) bond motifs is 2. The van der Waals surface area contributed by atoms with Gasteiger partial charge in [0, 0.05) is 31.1 Å². The lowest BCUT2D eigenvalue weighted by Crippen LogP contribution is -2.40. The third-order valence-corrected chi connectivity index (χ3v) is 14.6. The molecule has 0 radical (unpaired) electrons. The van der Waals surface area contributed by atoms with Crippen LogP contribution in [0.3, 0.4) is 0 Å². The molecule has 0 aromatic carbocycles. The lowest BCUT2D eigenvalue weighted by Gasteiger charge is -2.35. The van der Waals surface area contributed by atoms with Crippen LogP contribution < -0.4 is 0 Å². The van der Waals surface area contributed by atoms with Crippen molar-refractivity contribution in [1.82, 2.24) is 0 Å². The minimum absolute atomic E-state index is 0.0858. The highest BCUT2D eigenvalue weighted by molar-refractivity contribution is 6.73. The number of carbonyl (C=O) groups excluding carboxylic acids is 1. The minimum Gasteiger partial charge on any atom is -0.459 e. The predicted molar refractivity (Wildman–Crippen MR) is 165 cm³/mol. The van der Waals surface area contributed by atoms with Gasteiger partial charge in [-0.25, -0.2) is 0 Å². The largest absolute Gasteiger partial charge is 0.459 e. The molecule has 0 saturated carbocycles. The van der Waals surface area contributed by atoms with Crippen molar-refractivity contribution < 1.29 is 18.7 Å². The lowest BCUT2D eigenvalue weighted by atomic mass is 9.70. The zero-order valence-corrected chi connectivity index (χ0v) is 27.7. The van der Waals surface area contributed by atoms with Crippen LogP contribution in [0.2, 0.25) is 18.1 Å². The molecule has 0 unspecified atom stereocenters. The molecule has 3 rings (SSSR count). The number of Topliss-reactive ketones (excluding diaryl/α,β-unsaturated/α-hetero) is 1. The molecule has 4 atom stereocenters. The van der Waals surface area contributed by atoms with Crippen molar-refractivity contribution in [1.29, 1.82) is 0 Å². The van der Waals surface area contributed by atoms with E-state index in [1.165, 1.54) is 16.7 Å². The van der Waals surface area contributed by atoms with E-state index in [4.69, 9.17) is 13.9 Å². The Hall–Kier alpha value is -1.43. The average Bonchev–Trinajstić information content (AvgIpc) is 3.01. The Kier molecular flexibility index (Phi) is 10.7. The molecule has 0 aromatic rings. The van der Waals surface area contributed by atoms with E-state index in [1.807, 2.05) is 13.8 Å². The fourth-order valence-electron chi connectivity index (χ4n) is 6.65. The second-order valence-electron chi connectivity index (χ2n) is 13.2. The summed E-state index contributed by atoms with van der Waals surface area (Å²) in [6.07, 6.45) is 13.0. The maximum absolute atomic E-state index is 14.2. The molecule has 0 saturated heterocycles. The molecule has 0 amide bonds. The Bertz CT molecular complexity index is 1000. The Balaban J connectivity index is 2.08. The maximum atomic E-state index is 14.2. The van der Waals surface area contributed by atoms with Crippen molar-refractivity contribution in [3.05, 3.63) is 46.3 Å². The monoisotopic (exact) mass is 556 g/mol. The Morgan fingerprint density at radius 2 is 1.62 bits per heavy atom. The molecule has 2 aliphatic carbocycles. The van der Waals surface area contributed by atoms with Gasteiger partial charge >= 0.3 is 0 Å². The lowest BCUT2D eigenvalue weighted by molar-refractivity contribution is -0.191. The van der Waals surface area contributed by atoms with E-state index in [2.05, 4.69) is 73.6 Å². The van der Waals surface area contributed by atoms with Crippen LogP contribution >= 0.6 is 0 Å². The minimum atomic E-state index is -1.78. The van der Waals surface area contributed by atoms with Crippen LogP contribution in [0.4, 0.5) is 0 Å². The fourth-order valence-corrected chi connectivity index (χ4v) is 9.55. The average molecular weight is 557 g/mol. The van der Waals surface area contributed by atoms with Gasteiger partial charge in [-0.05, 0) is 88.6 Å². The highest BCUT2D eigenvalue weighted by Crippen LogP contribution is 2.53. The van der Waals surface area contributed by atoms with E-state index in [9.17, 15) is 4.79 Å². The highest BCUT2D eigenvalue weighted by Gasteiger charge is 2.54. The first-order valence-corrected chi connectivity index (χ1v) is 18.1. The summed E-state index contributed by atoms with van der Waals surface area (Å²) in [5.41, 5.74) is 4.76. The second-order valence-corrected chi connectivity index (χ2v) is 17.9.